The Morgan fingerprint density at radius 1 is 1.22 bits per heavy atom. The van der Waals surface area contributed by atoms with Crippen molar-refractivity contribution in [1.82, 2.24) is 0 Å². The van der Waals surface area contributed by atoms with Gasteiger partial charge in [-0.15, -0.1) is 0 Å². The summed E-state index contributed by atoms with van der Waals surface area (Å²) >= 11 is 0. The highest BCUT2D eigenvalue weighted by Crippen LogP contribution is 2.27. The topological polar surface area (TPSA) is 35.2 Å². The van der Waals surface area contributed by atoms with E-state index < -0.39 is 0 Å². The second-order valence-electron chi connectivity index (χ2n) is 4.92. The maximum Gasteiger partial charge on any atom is 0.119 e. The Balaban J connectivity index is 1.95. The van der Waals surface area contributed by atoms with Gasteiger partial charge in [0.1, 0.15) is 5.75 Å². The van der Waals surface area contributed by atoms with Gasteiger partial charge in [-0.25, -0.2) is 0 Å². The van der Waals surface area contributed by atoms with Crippen LogP contribution in [0.3, 0.4) is 0 Å². The zero-order valence-corrected chi connectivity index (χ0v) is 11.2. The van der Waals surface area contributed by atoms with E-state index in [9.17, 15) is 0 Å². The van der Waals surface area contributed by atoms with Crippen molar-refractivity contribution in [2.45, 2.75) is 45.1 Å². The molecule has 1 unspecified atom stereocenters. The molecule has 0 fully saturated rings. The highest BCUT2D eigenvalue weighted by Gasteiger charge is 2.11. The fourth-order valence-corrected chi connectivity index (χ4v) is 2.47. The second-order valence-corrected chi connectivity index (χ2v) is 4.92. The SMILES string of the molecule is CCOc1ccc(C(N)CC2=CCCCC2)cc1. The van der Waals surface area contributed by atoms with E-state index in [0.29, 0.717) is 6.61 Å². The van der Waals surface area contributed by atoms with Gasteiger partial charge in [0.25, 0.3) is 0 Å². The van der Waals surface area contributed by atoms with Crippen LogP contribution in [-0.4, -0.2) is 6.61 Å². The molecule has 1 aromatic carbocycles. The third kappa shape index (κ3) is 3.61. The van der Waals surface area contributed by atoms with E-state index in [1.165, 1.54) is 36.8 Å². The summed E-state index contributed by atoms with van der Waals surface area (Å²) in [6.45, 7) is 2.70. The molecule has 1 aliphatic rings. The molecule has 2 heteroatoms. The molecular weight excluding hydrogens is 222 g/mol. The van der Waals surface area contributed by atoms with Crippen molar-refractivity contribution in [1.29, 1.82) is 0 Å². The molecule has 2 N–H and O–H groups in total. The van der Waals surface area contributed by atoms with Gasteiger partial charge in [-0.1, -0.05) is 23.8 Å². The van der Waals surface area contributed by atoms with Gasteiger partial charge in [0.05, 0.1) is 6.61 Å². The molecule has 1 atom stereocenters. The van der Waals surface area contributed by atoms with Crippen molar-refractivity contribution in [3.8, 4) is 5.75 Å². The van der Waals surface area contributed by atoms with E-state index in [1.54, 1.807) is 0 Å². The Morgan fingerprint density at radius 2 is 2.00 bits per heavy atom. The van der Waals surface area contributed by atoms with Gasteiger partial charge in [0, 0.05) is 6.04 Å². The monoisotopic (exact) mass is 245 g/mol. The number of hydrogen-bond donors (Lipinski definition) is 1. The van der Waals surface area contributed by atoms with E-state index in [0.717, 1.165) is 12.2 Å². The molecule has 0 aliphatic heterocycles. The predicted molar refractivity (Wildman–Crippen MR) is 75.7 cm³/mol. The zero-order valence-electron chi connectivity index (χ0n) is 11.2. The largest absolute Gasteiger partial charge is 0.494 e. The first-order valence-corrected chi connectivity index (χ1v) is 6.96. The number of rotatable bonds is 5. The maximum absolute atomic E-state index is 6.27. The summed E-state index contributed by atoms with van der Waals surface area (Å²) in [7, 11) is 0. The molecule has 98 valence electrons. The van der Waals surface area contributed by atoms with Crippen molar-refractivity contribution >= 4 is 0 Å². The van der Waals surface area contributed by atoms with Crippen LogP contribution < -0.4 is 10.5 Å². The molecule has 0 saturated carbocycles. The first-order chi connectivity index (χ1) is 8.79. The third-order valence-corrected chi connectivity index (χ3v) is 3.49. The lowest BCUT2D eigenvalue weighted by Gasteiger charge is -2.18. The van der Waals surface area contributed by atoms with Gasteiger partial charge in [-0.2, -0.15) is 0 Å². The van der Waals surface area contributed by atoms with E-state index >= 15 is 0 Å². The van der Waals surface area contributed by atoms with Gasteiger partial charge >= 0.3 is 0 Å². The molecule has 0 spiro atoms. The summed E-state index contributed by atoms with van der Waals surface area (Å²) < 4.78 is 5.44. The highest BCUT2D eigenvalue weighted by atomic mass is 16.5. The van der Waals surface area contributed by atoms with E-state index in [-0.39, 0.29) is 6.04 Å². The second kappa shape index (κ2) is 6.60. The third-order valence-electron chi connectivity index (χ3n) is 3.49. The zero-order chi connectivity index (χ0) is 12.8. The normalized spacial score (nSPS) is 17.1. The molecule has 2 nitrogen and oxygen atoms in total. The average molecular weight is 245 g/mol. The van der Waals surface area contributed by atoms with E-state index in [4.69, 9.17) is 10.5 Å². The number of nitrogens with two attached hydrogens (primary N) is 1. The maximum atomic E-state index is 6.27. The van der Waals surface area contributed by atoms with Crippen LogP contribution in [0.25, 0.3) is 0 Å². The van der Waals surface area contributed by atoms with Crippen LogP contribution in [0.4, 0.5) is 0 Å². The van der Waals surface area contributed by atoms with Crippen molar-refractivity contribution in [2.75, 3.05) is 6.61 Å². The standard InChI is InChI=1S/C16H23NO/c1-2-18-15-10-8-14(9-11-15)16(17)12-13-6-4-3-5-7-13/h6,8-11,16H,2-5,7,12,17H2,1H3. The van der Waals surface area contributed by atoms with Crippen LogP contribution in [0.1, 0.15) is 50.6 Å². The molecule has 0 amide bonds. The Kier molecular flexibility index (Phi) is 4.82. The minimum absolute atomic E-state index is 0.116. The molecular formula is C16H23NO. The van der Waals surface area contributed by atoms with Gasteiger partial charge in [0.15, 0.2) is 0 Å². The minimum Gasteiger partial charge on any atom is -0.494 e. The van der Waals surface area contributed by atoms with Crippen molar-refractivity contribution in [3.63, 3.8) is 0 Å². The summed E-state index contributed by atoms with van der Waals surface area (Å²) in [4.78, 5) is 0. The van der Waals surface area contributed by atoms with Crippen LogP contribution in [-0.2, 0) is 0 Å². The molecule has 0 saturated heterocycles. The fourth-order valence-electron chi connectivity index (χ4n) is 2.47. The lowest BCUT2D eigenvalue weighted by Crippen LogP contribution is -2.12. The van der Waals surface area contributed by atoms with E-state index in [2.05, 4.69) is 18.2 Å². The average Bonchev–Trinajstić information content (AvgIpc) is 2.41. The van der Waals surface area contributed by atoms with Gasteiger partial charge in [-0.05, 0) is 56.7 Å². The smallest absolute Gasteiger partial charge is 0.119 e. The fraction of sp³-hybridized carbons (Fsp3) is 0.500. The van der Waals surface area contributed by atoms with Crippen LogP contribution in [0.2, 0.25) is 0 Å². The van der Waals surface area contributed by atoms with Crippen LogP contribution >= 0.6 is 0 Å². The molecule has 2 rings (SSSR count). The Bertz CT molecular complexity index is 394. The highest BCUT2D eigenvalue weighted by molar-refractivity contribution is 5.30. The Morgan fingerprint density at radius 3 is 2.61 bits per heavy atom. The Labute approximate surface area is 110 Å². The van der Waals surface area contributed by atoms with Crippen molar-refractivity contribution in [3.05, 3.63) is 41.5 Å². The predicted octanol–water partition coefficient (Wildman–Crippen LogP) is 3.98. The minimum atomic E-state index is 0.116. The van der Waals surface area contributed by atoms with Crippen LogP contribution in [0.5, 0.6) is 5.75 Å². The summed E-state index contributed by atoms with van der Waals surface area (Å²) in [6, 6.07) is 8.30. The molecule has 18 heavy (non-hydrogen) atoms. The van der Waals surface area contributed by atoms with Crippen molar-refractivity contribution < 1.29 is 4.74 Å². The van der Waals surface area contributed by atoms with Crippen LogP contribution in [0, 0.1) is 0 Å². The molecule has 0 radical (unpaired) electrons. The quantitative estimate of drug-likeness (QED) is 0.796. The summed E-state index contributed by atoms with van der Waals surface area (Å²) in [5.74, 6) is 0.922. The lowest BCUT2D eigenvalue weighted by atomic mass is 9.92. The summed E-state index contributed by atoms with van der Waals surface area (Å²) in [5, 5.41) is 0. The molecule has 1 aliphatic carbocycles. The van der Waals surface area contributed by atoms with Crippen LogP contribution in [0.15, 0.2) is 35.9 Å². The molecule has 1 aromatic rings. The number of hydrogen-bond acceptors (Lipinski definition) is 2. The number of allylic oxidation sites excluding steroid dienone is 1. The van der Waals surface area contributed by atoms with Gasteiger partial charge < -0.3 is 10.5 Å². The number of benzene rings is 1. The lowest BCUT2D eigenvalue weighted by molar-refractivity contribution is 0.340. The summed E-state index contributed by atoms with van der Waals surface area (Å²) in [6.07, 6.45) is 8.48. The molecule has 0 bridgehead atoms. The van der Waals surface area contributed by atoms with Gasteiger partial charge in [0.2, 0.25) is 0 Å². The first-order valence-electron chi connectivity index (χ1n) is 6.96. The molecule has 0 heterocycles. The van der Waals surface area contributed by atoms with Crippen molar-refractivity contribution in [2.24, 2.45) is 5.73 Å². The van der Waals surface area contributed by atoms with E-state index in [1.807, 2.05) is 19.1 Å². The van der Waals surface area contributed by atoms with Gasteiger partial charge in [-0.3, -0.25) is 0 Å². The summed E-state index contributed by atoms with van der Waals surface area (Å²) in [5.41, 5.74) is 9.00. The number of ether oxygens (including phenoxy) is 1. The first kappa shape index (κ1) is 13.2. The molecule has 0 aromatic heterocycles. The Hall–Kier alpha value is -1.28.